The zero-order valence-electron chi connectivity index (χ0n) is 13.2. The van der Waals surface area contributed by atoms with Crippen LogP contribution < -0.4 is 5.32 Å². The number of imidazole rings is 1. The second kappa shape index (κ2) is 6.11. The summed E-state index contributed by atoms with van der Waals surface area (Å²) in [4.78, 5) is 15.5. The number of benzene rings is 1. The van der Waals surface area contributed by atoms with Crippen LogP contribution in [0.4, 0.5) is 0 Å². The molecule has 0 spiro atoms. The number of halogens is 1. The highest BCUT2D eigenvalue weighted by Gasteiger charge is 2.47. The largest absolute Gasteiger partial charge is 0.481 e. The van der Waals surface area contributed by atoms with Crippen LogP contribution >= 0.6 is 11.6 Å². The highest BCUT2D eigenvalue weighted by atomic mass is 35.5. The molecule has 2 aromatic rings. The summed E-state index contributed by atoms with van der Waals surface area (Å²) in [6, 6.07) is 5.63. The van der Waals surface area contributed by atoms with Gasteiger partial charge in [0.2, 0.25) is 0 Å². The van der Waals surface area contributed by atoms with E-state index in [0.29, 0.717) is 31.0 Å². The molecule has 1 fully saturated rings. The number of nitrogens with zero attached hydrogens (tertiary/aromatic N) is 2. The molecule has 3 rings (SSSR count). The van der Waals surface area contributed by atoms with Crippen LogP contribution in [0, 0.1) is 5.92 Å². The van der Waals surface area contributed by atoms with Crippen LogP contribution in [0.1, 0.15) is 18.7 Å². The monoisotopic (exact) mass is 337 g/mol. The van der Waals surface area contributed by atoms with Crippen LogP contribution in [-0.4, -0.2) is 39.9 Å². The Bertz CT molecular complexity index is 737. The van der Waals surface area contributed by atoms with Gasteiger partial charge in [-0.25, -0.2) is 4.98 Å². The van der Waals surface area contributed by atoms with Crippen LogP contribution in [0.2, 0.25) is 5.02 Å². The van der Waals surface area contributed by atoms with E-state index in [0.717, 1.165) is 16.9 Å². The van der Waals surface area contributed by atoms with Gasteiger partial charge in [0, 0.05) is 25.7 Å². The van der Waals surface area contributed by atoms with Crippen molar-refractivity contribution in [2.24, 2.45) is 13.0 Å². The number of aromatic nitrogens is 2. The molecule has 1 aliphatic rings. The summed E-state index contributed by atoms with van der Waals surface area (Å²) in [7, 11) is 3.59. The van der Waals surface area contributed by atoms with E-state index >= 15 is 0 Å². The lowest BCUT2D eigenvalue weighted by Crippen LogP contribution is -2.54. The van der Waals surface area contributed by atoms with Crippen LogP contribution in [0.5, 0.6) is 0 Å². The third-order valence-corrected chi connectivity index (χ3v) is 4.92. The van der Waals surface area contributed by atoms with Gasteiger partial charge in [0.15, 0.2) is 0 Å². The van der Waals surface area contributed by atoms with Gasteiger partial charge in [-0.3, -0.25) is 4.79 Å². The summed E-state index contributed by atoms with van der Waals surface area (Å²) < 4.78 is 7.53. The van der Waals surface area contributed by atoms with Crippen LogP contribution in [0.15, 0.2) is 18.2 Å². The molecule has 1 aliphatic carbocycles. The fourth-order valence-corrected chi connectivity index (χ4v) is 3.34. The summed E-state index contributed by atoms with van der Waals surface area (Å²) in [5.74, 6) is -0.137. The van der Waals surface area contributed by atoms with Gasteiger partial charge in [0.1, 0.15) is 5.82 Å². The number of ether oxygens (including phenoxy) is 1. The van der Waals surface area contributed by atoms with Crippen molar-refractivity contribution < 1.29 is 14.6 Å². The van der Waals surface area contributed by atoms with Crippen LogP contribution in [0.25, 0.3) is 11.0 Å². The van der Waals surface area contributed by atoms with Gasteiger partial charge in [-0.05, 0) is 31.0 Å². The Labute approximate surface area is 139 Å². The minimum absolute atomic E-state index is 0.297. The quantitative estimate of drug-likeness (QED) is 0.845. The predicted octanol–water partition coefficient (Wildman–Crippen LogP) is 2.20. The van der Waals surface area contributed by atoms with E-state index in [1.807, 2.05) is 29.8 Å². The first-order chi connectivity index (χ1) is 10.9. The predicted molar refractivity (Wildman–Crippen MR) is 87.5 cm³/mol. The molecule has 1 saturated carbocycles. The van der Waals surface area contributed by atoms with Crippen molar-refractivity contribution in [1.29, 1.82) is 0 Å². The third kappa shape index (κ3) is 3.06. The molecule has 0 unspecified atom stereocenters. The molecule has 1 aromatic heterocycles. The number of hydrogen-bond donors (Lipinski definition) is 2. The molecular weight excluding hydrogens is 318 g/mol. The van der Waals surface area contributed by atoms with Gasteiger partial charge in [-0.15, -0.1) is 0 Å². The number of aryl methyl sites for hydroxylation is 1. The van der Waals surface area contributed by atoms with E-state index in [1.54, 1.807) is 7.11 Å². The molecule has 7 heteroatoms. The number of carboxylic acid groups (broad SMARTS) is 1. The minimum Gasteiger partial charge on any atom is -0.481 e. The molecule has 0 atom stereocenters. The number of carboxylic acids is 1. The molecule has 0 saturated heterocycles. The topological polar surface area (TPSA) is 76.4 Å². The Morgan fingerprint density at radius 2 is 2.30 bits per heavy atom. The first-order valence-corrected chi connectivity index (χ1v) is 7.91. The molecule has 23 heavy (non-hydrogen) atoms. The van der Waals surface area contributed by atoms with Crippen molar-refractivity contribution in [2.45, 2.75) is 25.0 Å². The first kappa shape index (κ1) is 16.2. The zero-order valence-corrected chi connectivity index (χ0v) is 13.9. The van der Waals surface area contributed by atoms with E-state index in [4.69, 9.17) is 21.4 Å². The Hall–Kier alpha value is -1.63. The van der Waals surface area contributed by atoms with Crippen molar-refractivity contribution in [3.8, 4) is 0 Å². The fourth-order valence-electron chi connectivity index (χ4n) is 3.17. The Morgan fingerprint density at radius 1 is 1.57 bits per heavy atom. The number of rotatable bonds is 6. The number of nitrogens with one attached hydrogen (secondary N) is 1. The molecule has 2 N–H and O–H groups in total. The summed E-state index contributed by atoms with van der Waals surface area (Å²) in [6.45, 7) is 1.20. The molecule has 0 radical (unpaired) electrons. The maximum Gasteiger partial charge on any atom is 0.306 e. The van der Waals surface area contributed by atoms with Crippen LogP contribution in [0.3, 0.4) is 0 Å². The van der Waals surface area contributed by atoms with Crippen LogP contribution in [-0.2, 0) is 23.1 Å². The summed E-state index contributed by atoms with van der Waals surface area (Å²) in [5.41, 5.74) is 1.52. The van der Waals surface area contributed by atoms with Crippen molar-refractivity contribution >= 4 is 28.6 Å². The second-order valence-corrected chi connectivity index (χ2v) is 6.59. The maximum atomic E-state index is 11.0. The SMILES string of the molecule is COC1(CNCc2nc3ccc(Cl)cc3n2C)CC(C(=O)O)C1. The smallest absolute Gasteiger partial charge is 0.306 e. The Kier molecular flexibility index (Phi) is 4.31. The van der Waals surface area contributed by atoms with Crippen molar-refractivity contribution in [2.75, 3.05) is 13.7 Å². The molecule has 6 nitrogen and oxygen atoms in total. The average Bonchev–Trinajstić information content (AvgIpc) is 2.78. The van der Waals surface area contributed by atoms with Gasteiger partial charge in [0.05, 0.1) is 29.1 Å². The maximum absolute atomic E-state index is 11.0. The highest BCUT2D eigenvalue weighted by molar-refractivity contribution is 6.31. The molecule has 0 bridgehead atoms. The number of hydrogen-bond acceptors (Lipinski definition) is 4. The summed E-state index contributed by atoms with van der Waals surface area (Å²) in [5, 5.41) is 13.0. The fraction of sp³-hybridized carbons (Fsp3) is 0.500. The van der Waals surface area contributed by atoms with E-state index < -0.39 is 5.97 Å². The third-order valence-electron chi connectivity index (χ3n) is 4.68. The molecule has 0 aliphatic heterocycles. The first-order valence-electron chi connectivity index (χ1n) is 7.54. The lowest BCUT2D eigenvalue weighted by molar-refractivity contribution is -0.162. The van der Waals surface area contributed by atoms with Gasteiger partial charge < -0.3 is 19.7 Å². The average molecular weight is 338 g/mol. The van der Waals surface area contributed by atoms with Crippen molar-refractivity contribution in [3.63, 3.8) is 0 Å². The van der Waals surface area contributed by atoms with Gasteiger partial charge in [0.25, 0.3) is 0 Å². The normalized spacial score (nSPS) is 23.9. The number of aliphatic carboxylic acids is 1. The zero-order chi connectivity index (χ0) is 16.6. The minimum atomic E-state index is -0.745. The van der Waals surface area contributed by atoms with E-state index in [-0.39, 0.29) is 11.5 Å². The van der Waals surface area contributed by atoms with Gasteiger partial charge in [-0.2, -0.15) is 0 Å². The second-order valence-electron chi connectivity index (χ2n) is 6.15. The summed E-state index contributed by atoms with van der Waals surface area (Å²) >= 11 is 6.03. The lowest BCUT2D eigenvalue weighted by atomic mass is 9.70. The van der Waals surface area contributed by atoms with E-state index in [2.05, 4.69) is 10.3 Å². The summed E-state index contributed by atoms with van der Waals surface area (Å²) in [6.07, 6.45) is 1.09. The highest BCUT2D eigenvalue weighted by Crippen LogP contribution is 2.40. The molecule has 0 amide bonds. The number of methoxy groups -OCH3 is 1. The lowest BCUT2D eigenvalue weighted by Gasteiger charge is -2.44. The molecule has 1 heterocycles. The Morgan fingerprint density at radius 3 is 2.96 bits per heavy atom. The van der Waals surface area contributed by atoms with E-state index in [9.17, 15) is 4.79 Å². The molecule has 1 aromatic carbocycles. The molecule has 124 valence electrons. The molecular formula is C16H20ClN3O3. The van der Waals surface area contributed by atoms with Crippen molar-refractivity contribution in [3.05, 3.63) is 29.0 Å². The standard InChI is InChI=1S/C16H20ClN3O3/c1-20-13-5-11(17)3-4-12(13)19-14(20)8-18-9-16(23-2)6-10(7-16)15(21)22/h3-5,10,18H,6-9H2,1-2H3,(H,21,22). The van der Waals surface area contributed by atoms with Gasteiger partial charge >= 0.3 is 5.97 Å². The number of fused-ring (bicyclic) bond motifs is 1. The Balaban J connectivity index is 1.63. The van der Waals surface area contributed by atoms with Crippen molar-refractivity contribution in [1.82, 2.24) is 14.9 Å². The van der Waals surface area contributed by atoms with Gasteiger partial charge in [-0.1, -0.05) is 11.6 Å². The van der Waals surface area contributed by atoms with E-state index in [1.165, 1.54) is 0 Å². The number of carbonyl (C=O) groups is 1.